The summed E-state index contributed by atoms with van der Waals surface area (Å²) in [6, 6.07) is 0. The third-order valence-corrected chi connectivity index (χ3v) is 1.32. The Balaban J connectivity index is 3.21. The Labute approximate surface area is 57.3 Å². The van der Waals surface area contributed by atoms with Gasteiger partial charge in [0.05, 0.1) is 0 Å². The van der Waals surface area contributed by atoms with Crippen LogP contribution in [0.15, 0.2) is 0 Å². The predicted octanol–water partition coefficient (Wildman–Crippen LogP) is 0.985. The van der Waals surface area contributed by atoms with Crippen molar-refractivity contribution in [2.75, 3.05) is 11.9 Å². The van der Waals surface area contributed by atoms with E-state index in [2.05, 4.69) is 15.9 Å². The second kappa shape index (κ2) is 5.25. The summed E-state index contributed by atoms with van der Waals surface area (Å²) >= 11 is 3.12. The molecule has 0 bridgehead atoms. The third kappa shape index (κ3) is 3.16. The van der Waals surface area contributed by atoms with Crippen LogP contribution in [0, 0.1) is 0 Å². The maximum Gasteiger partial charge on any atom is 0.149 e. The van der Waals surface area contributed by atoms with E-state index in [1.165, 1.54) is 0 Å². The molecule has 0 aliphatic heterocycles. The van der Waals surface area contributed by atoms with Crippen molar-refractivity contribution in [2.45, 2.75) is 13.0 Å². The van der Waals surface area contributed by atoms with Crippen LogP contribution >= 0.6 is 15.9 Å². The van der Waals surface area contributed by atoms with Crippen molar-refractivity contribution in [3.63, 3.8) is 0 Å². The molecule has 0 fully saturated rings. The van der Waals surface area contributed by atoms with E-state index < -0.39 is 0 Å². The molecule has 1 atom stereocenters. The Morgan fingerprint density at radius 3 is 2.62 bits per heavy atom. The van der Waals surface area contributed by atoms with Crippen LogP contribution in [0.25, 0.3) is 0 Å². The average molecular weight is 181 g/mol. The van der Waals surface area contributed by atoms with E-state index in [4.69, 9.17) is 4.74 Å². The molecule has 0 spiro atoms. The number of hydrogen-bond acceptors (Lipinski definition) is 2. The second-order valence-corrected chi connectivity index (χ2v) is 1.93. The lowest BCUT2D eigenvalue weighted by molar-refractivity contribution is -0.116. The first-order valence-corrected chi connectivity index (χ1v) is 3.60. The molecule has 0 aromatic carbocycles. The van der Waals surface area contributed by atoms with Gasteiger partial charge in [-0.1, -0.05) is 15.9 Å². The van der Waals surface area contributed by atoms with Crippen LogP contribution in [0.5, 0.6) is 0 Å². The van der Waals surface area contributed by atoms with E-state index in [0.717, 1.165) is 6.29 Å². The lowest BCUT2D eigenvalue weighted by atomic mass is 10.5. The molecule has 2 nitrogen and oxygen atoms in total. The van der Waals surface area contributed by atoms with Gasteiger partial charge in [-0.25, -0.2) is 0 Å². The lowest BCUT2D eigenvalue weighted by Gasteiger charge is -2.03. The van der Waals surface area contributed by atoms with Crippen molar-refractivity contribution in [1.29, 1.82) is 0 Å². The van der Waals surface area contributed by atoms with Gasteiger partial charge >= 0.3 is 0 Å². The molecule has 0 radical (unpaired) electrons. The average Bonchev–Trinajstić information content (AvgIpc) is 1.83. The number of ether oxygens (including phenoxy) is 1. The standard InChI is InChI=1S/C5H9BrO2/c1-2-8-5(3-6)4-7/h4-5H,2-3H2,1H3/t5-/m0/s1. The van der Waals surface area contributed by atoms with Gasteiger partial charge in [-0.05, 0) is 6.92 Å². The largest absolute Gasteiger partial charge is 0.370 e. The quantitative estimate of drug-likeness (QED) is 0.477. The fraction of sp³-hybridized carbons (Fsp3) is 0.800. The second-order valence-electron chi connectivity index (χ2n) is 1.28. The highest BCUT2D eigenvalue weighted by molar-refractivity contribution is 9.09. The molecule has 0 aromatic rings. The number of carbonyl (C=O) groups is 1. The zero-order valence-electron chi connectivity index (χ0n) is 4.76. The zero-order chi connectivity index (χ0) is 6.41. The van der Waals surface area contributed by atoms with Gasteiger partial charge in [0.2, 0.25) is 0 Å². The summed E-state index contributed by atoms with van der Waals surface area (Å²) in [5.41, 5.74) is 0. The first kappa shape index (κ1) is 8.11. The molecule has 0 heterocycles. The highest BCUT2D eigenvalue weighted by atomic mass is 79.9. The van der Waals surface area contributed by atoms with E-state index in [1.54, 1.807) is 0 Å². The number of rotatable bonds is 4. The molecule has 0 aliphatic rings. The van der Waals surface area contributed by atoms with Gasteiger partial charge in [0.1, 0.15) is 12.4 Å². The van der Waals surface area contributed by atoms with Crippen LogP contribution in [0.1, 0.15) is 6.92 Å². The van der Waals surface area contributed by atoms with Crippen LogP contribution in [-0.4, -0.2) is 24.3 Å². The normalized spacial score (nSPS) is 13.2. The van der Waals surface area contributed by atoms with E-state index in [-0.39, 0.29) is 6.10 Å². The summed E-state index contributed by atoms with van der Waals surface area (Å²) in [5, 5.41) is 0.588. The van der Waals surface area contributed by atoms with Crippen molar-refractivity contribution < 1.29 is 9.53 Å². The van der Waals surface area contributed by atoms with Gasteiger partial charge in [0.25, 0.3) is 0 Å². The van der Waals surface area contributed by atoms with Gasteiger partial charge in [0, 0.05) is 11.9 Å². The molecule has 0 amide bonds. The van der Waals surface area contributed by atoms with Crippen molar-refractivity contribution in [3.05, 3.63) is 0 Å². The molecular formula is C5H9BrO2. The smallest absolute Gasteiger partial charge is 0.149 e. The third-order valence-electron chi connectivity index (χ3n) is 0.685. The number of halogens is 1. The Hall–Kier alpha value is 0.110. The van der Waals surface area contributed by atoms with Crippen LogP contribution in [0.4, 0.5) is 0 Å². The summed E-state index contributed by atoms with van der Waals surface area (Å²) in [5.74, 6) is 0. The Morgan fingerprint density at radius 1 is 1.88 bits per heavy atom. The molecule has 0 rings (SSSR count). The lowest BCUT2D eigenvalue weighted by Crippen LogP contribution is -2.15. The van der Waals surface area contributed by atoms with Crippen molar-refractivity contribution in [3.8, 4) is 0 Å². The number of carbonyl (C=O) groups excluding carboxylic acids is 1. The zero-order valence-corrected chi connectivity index (χ0v) is 6.35. The first-order chi connectivity index (χ1) is 3.85. The summed E-state index contributed by atoms with van der Waals surface area (Å²) in [6.07, 6.45) is 0.526. The van der Waals surface area contributed by atoms with Gasteiger partial charge in [0.15, 0.2) is 0 Å². The van der Waals surface area contributed by atoms with Gasteiger partial charge in [-0.15, -0.1) is 0 Å². The minimum Gasteiger partial charge on any atom is -0.370 e. The Morgan fingerprint density at radius 2 is 2.50 bits per heavy atom. The summed E-state index contributed by atoms with van der Waals surface area (Å²) in [6.45, 7) is 2.45. The van der Waals surface area contributed by atoms with Crippen molar-refractivity contribution >= 4 is 22.2 Å². The summed E-state index contributed by atoms with van der Waals surface area (Å²) in [4.78, 5) is 9.97. The molecule has 3 heteroatoms. The Bertz CT molecular complexity index is 65.4. The first-order valence-electron chi connectivity index (χ1n) is 2.48. The van der Waals surface area contributed by atoms with Gasteiger partial charge < -0.3 is 9.53 Å². The monoisotopic (exact) mass is 180 g/mol. The van der Waals surface area contributed by atoms with E-state index >= 15 is 0 Å². The number of alkyl halides is 1. The SMILES string of the molecule is CCO[C@H](C=O)CBr. The molecule has 0 unspecified atom stereocenters. The molecule has 0 saturated carbocycles. The highest BCUT2D eigenvalue weighted by Gasteiger charge is 2.00. The van der Waals surface area contributed by atoms with Crippen LogP contribution in [0.3, 0.4) is 0 Å². The minimum atomic E-state index is -0.264. The van der Waals surface area contributed by atoms with E-state index in [1.807, 2.05) is 6.92 Å². The summed E-state index contributed by atoms with van der Waals surface area (Å²) < 4.78 is 4.93. The molecule has 0 saturated heterocycles. The molecule has 0 N–H and O–H groups in total. The van der Waals surface area contributed by atoms with Gasteiger partial charge in [-0.2, -0.15) is 0 Å². The molecular weight excluding hydrogens is 172 g/mol. The van der Waals surface area contributed by atoms with E-state index in [9.17, 15) is 4.79 Å². The fourth-order valence-corrected chi connectivity index (χ4v) is 0.674. The van der Waals surface area contributed by atoms with Crippen LogP contribution in [0.2, 0.25) is 0 Å². The van der Waals surface area contributed by atoms with Crippen LogP contribution < -0.4 is 0 Å². The molecule has 0 aliphatic carbocycles. The maximum absolute atomic E-state index is 9.97. The minimum absolute atomic E-state index is 0.264. The topological polar surface area (TPSA) is 26.3 Å². The predicted molar refractivity (Wildman–Crippen MR) is 35.3 cm³/mol. The molecule has 0 aromatic heterocycles. The maximum atomic E-state index is 9.97. The summed E-state index contributed by atoms with van der Waals surface area (Å²) in [7, 11) is 0. The Kier molecular flexibility index (Phi) is 5.32. The van der Waals surface area contributed by atoms with E-state index in [0.29, 0.717) is 11.9 Å². The fourth-order valence-electron chi connectivity index (χ4n) is 0.334. The van der Waals surface area contributed by atoms with Crippen LogP contribution in [-0.2, 0) is 9.53 Å². The molecule has 8 heavy (non-hydrogen) atoms. The van der Waals surface area contributed by atoms with Crippen molar-refractivity contribution in [2.24, 2.45) is 0 Å². The highest BCUT2D eigenvalue weighted by Crippen LogP contribution is 1.91. The van der Waals surface area contributed by atoms with Gasteiger partial charge in [-0.3, -0.25) is 0 Å². The number of hydrogen-bond donors (Lipinski definition) is 0. The number of aldehydes is 1. The molecule has 48 valence electrons. The van der Waals surface area contributed by atoms with Crippen molar-refractivity contribution in [1.82, 2.24) is 0 Å².